The van der Waals surface area contributed by atoms with Gasteiger partial charge in [-0.15, -0.1) is 0 Å². The Bertz CT molecular complexity index is 722. The zero-order valence-electron chi connectivity index (χ0n) is 13.3. The van der Waals surface area contributed by atoms with E-state index in [9.17, 15) is 4.79 Å². The van der Waals surface area contributed by atoms with Crippen LogP contribution in [0.3, 0.4) is 0 Å². The molecule has 0 unspecified atom stereocenters. The first-order valence-corrected chi connectivity index (χ1v) is 8.07. The summed E-state index contributed by atoms with van der Waals surface area (Å²) in [5, 5.41) is 10.7. The van der Waals surface area contributed by atoms with Crippen LogP contribution in [-0.4, -0.2) is 76.6 Å². The molecule has 2 saturated heterocycles. The Hall–Kier alpha value is -1.99. The molecule has 1 aromatic carbocycles. The third-order valence-electron chi connectivity index (χ3n) is 5.27. The Balaban J connectivity index is 1.58. The van der Waals surface area contributed by atoms with Gasteiger partial charge in [-0.2, -0.15) is 15.4 Å². The van der Waals surface area contributed by atoms with E-state index >= 15 is 0 Å². The second kappa shape index (κ2) is 5.58. The fourth-order valence-electron chi connectivity index (χ4n) is 3.68. The number of amides is 1. The molecule has 0 aliphatic carbocycles. The Kier molecular flexibility index (Phi) is 3.54. The van der Waals surface area contributed by atoms with Crippen molar-refractivity contribution in [2.45, 2.75) is 18.4 Å². The summed E-state index contributed by atoms with van der Waals surface area (Å²) in [7, 11) is 2.16. The van der Waals surface area contributed by atoms with Crippen LogP contribution in [0, 0.1) is 0 Å². The number of aromatic nitrogens is 3. The molecule has 7 nitrogen and oxygen atoms in total. The molecule has 0 bridgehead atoms. The molecule has 0 saturated carbocycles. The maximum absolute atomic E-state index is 12.9. The molecule has 1 aromatic heterocycles. The first-order chi connectivity index (χ1) is 11.2. The van der Waals surface area contributed by atoms with Crippen molar-refractivity contribution in [3.63, 3.8) is 0 Å². The van der Waals surface area contributed by atoms with Gasteiger partial charge in [0.15, 0.2) is 0 Å². The topological polar surface area (TPSA) is 74.4 Å². The summed E-state index contributed by atoms with van der Waals surface area (Å²) >= 11 is 0. The predicted molar refractivity (Wildman–Crippen MR) is 85.2 cm³/mol. The lowest BCUT2D eigenvalue weighted by Crippen LogP contribution is -2.63. The number of fused-ring (bicyclic) bond motifs is 1. The Morgan fingerprint density at radius 3 is 2.83 bits per heavy atom. The summed E-state index contributed by atoms with van der Waals surface area (Å²) in [5.41, 5.74) is 2.24. The zero-order chi connectivity index (χ0) is 15.9. The van der Waals surface area contributed by atoms with Crippen molar-refractivity contribution >= 4 is 16.9 Å². The second-order valence-electron chi connectivity index (χ2n) is 6.51. The van der Waals surface area contributed by atoms with Gasteiger partial charge in [0.25, 0.3) is 5.91 Å². The van der Waals surface area contributed by atoms with Crippen molar-refractivity contribution in [1.82, 2.24) is 25.2 Å². The first kappa shape index (κ1) is 14.6. The number of nitrogens with one attached hydrogen (secondary N) is 1. The third-order valence-corrected chi connectivity index (χ3v) is 5.27. The smallest absolute Gasteiger partial charge is 0.254 e. The van der Waals surface area contributed by atoms with Crippen LogP contribution in [0.5, 0.6) is 0 Å². The number of ether oxygens (including phenoxy) is 1. The van der Waals surface area contributed by atoms with E-state index in [0.717, 1.165) is 56.7 Å². The molecule has 122 valence electrons. The molecule has 7 heteroatoms. The van der Waals surface area contributed by atoms with Crippen molar-refractivity contribution in [1.29, 1.82) is 0 Å². The molecule has 1 spiro atoms. The van der Waals surface area contributed by atoms with Crippen molar-refractivity contribution < 1.29 is 9.53 Å². The fraction of sp³-hybridized carbons (Fsp3) is 0.562. The van der Waals surface area contributed by atoms with Crippen LogP contribution in [0.4, 0.5) is 0 Å². The molecular weight excluding hydrogens is 294 g/mol. The summed E-state index contributed by atoms with van der Waals surface area (Å²) in [6.45, 7) is 3.98. The average Bonchev–Trinajstić information content (AvgIpc) is 3.05. The molecule has 23 heavy (non-hydrogen) atoms. The highest BCUT2D eigenvalue weighted by Gasteiger charge is 2.42. The second-order valence-corrected chi connectivity index (χ2v) is 6.51. The molecule has 0 atom stereocenters. The van der Waals surface area contributed by atoms with Gasteiger partial charge >= 0.3 is 0 Å². The van der Waals surface area contributed by atoms with Crippen LogP contribution < -0.4 is 0 Å². The van der Waals surface area contributed by atoms with Crippen molar-refractivity contribution in [2.24, 2.45) is 0 Å². The molecule has 3 heterocycles. The van der Waals surface area contributed by atoms with E-state index in [4.69, 9.17) is 4.74 Å². The van der Waals surface area contributed by atoms with Crippen molar-refractivity contribution in [2.75, 3.05) is 39.9 Å². The monoisotopic (exact) mass is 315 g/mol. The van der Waals surface area contributed by atoms with Crippen LogP contribution >= 0.6 is 0 Å². The van der Waals surface area contributed by atoms with Gasteiger partial charge in [-0.25, -0.2) is 0 Å². The minimum Gasteiger partial charge on any atom is -0.381 e. The number of piperazine rings is 1. The maximum atomic E-state index is 12.9. The van der Waals surface area contributed by atoms with Crippen molar-refractivity contribution in [3.05, 3.63) is 23.8 Å². The summed E-state index contributed by atoms with van der Waals surface area (Å²) in [6, 6.07) is 5.49. The number of H-pyrrole nitrogens is 1. The summed E-state index contributed by atoms with van der Waals surface area (Å²) in [6.07, 6.45) is 1.96. The van der Waals surface area contributed by atoms with E-state index < -0.39 is 0 Å². The number of benzene rings is 1. The molecular formula is C16H21N5O2. The number of hydrogen-bond donors (Lipinski definition) is 1. The van der Waals surface area contributed by atoms with Gasteiger partial charge < -0.3 is 9.64 Å². The molecule has 2 aliphatic rings. The predicted octanol–water partition coefficient (Wildman–Crippen LogP) is 0.895. The molecule has 0 radical (unpaired) electrons. The van der Waals surface area contributed by atoms with Gasteiger partial charge in [0.1, 0.15) is 11.0 Å². The quantitative estimate of drug-likeness (QED) is 0.846. The fourth-order valence-corrected chi connectivity index (χ4v) is 3.68. The van der Waals surface area contributed by atoms with Gasteiger partial charge in [-0.05, 0) is 38.1 Å². The molecule has 2 aliphatic heterocycles. The van der Waals surface area contributed by atoms with Crippen molar-refractivity contribution in [3.8, 4) is 0 Å². The average molecular weight is 315 g/mol. The van der Waals surface area contributed by atoms with Crippen LogP contribution in [0.2, 0.25) is 0 Å². The Labute approximate surface area is 134 Å². The Morgan fingerprint density at radius 2 is 2.00 bits per heavy atom. The lowest BCUT2D eigenvalue weighted by Gasteiger charge is -2.51. The van der Waals surface area contributed by atoms with E-state index in [1.807, 2.05) is 23.1 Å². The van der Waals surface area contributed by atoms with E-state index in [1.165, 1.54) is 0 Å². The number of aromatic amines is 1. The number of carbonyl (C=O) groups is 1. The number of rotatable bonds is 1. The highest BCUT2D eigenvalue weighted by atomic mass is 16.5. The number of hydrogen-bond acceptors (Lipinski definition) is 5. The normalized spacial score (nSPS) is 21.9. The number of carbonyl (C=O) groups excluding carboxylic acids is 1. The lowest BCUT2D eigenvalue weighted by molar-refractivity contribution is -0.0543. The minimum atomic E-state index is 0.0597. The summed E-state index contributed by atoms with van der Waals surface area (Å²) < 4.78 is 5.52. The van der Waals surface area contributed by atoms with Gasteiger partial charge in [-0.1, -0.05) is 0 Å². The van der Waals surface area contributed by atoms with E-state index in [2.05, 4.69) is 27.4 Å². The zero-order valence-corrected chi connectivity index (χ0v) is 13.3. The highest BCUT2D eigenvalue weighted by molar-refractivity contribution is 5.97. The molecule has 1 N–H and O–H groups in total. The number of nitrogens with zero attached hydrogens (tertiary/aromatic N) is 4. The molecule has 2 fully saturated rings. The van der Waals surface area contributed by atoms with Gasteiger partial charge in [0.2, 0.25) is 0 Å². The lowest BCUT2D eigenvalue weighted by atomic mass is 9.85. The van der Waals surface area contributed by atoms with Gasteiger partial charge in [0, 0.05) is 44.0 Å². The summed E-state index contributed by atoms with van der Waals surface area (Å²) in [5.74, 6) is 0.0777. The van der Waals surface area contributed by atoms with Crippen LogP contribution in [-0.2, 0) is 4.74 Å². The molecule has 2 aromatic rings. The molecule has 4 rings (SSSR count). The van der Waals surface area contributed by atoms with Gasteiger partial charge in [-0.3, -0.25) is 9.69 Å². The molecule has 1 amide bonds. The van der Waals surface area contributed by atoms with E-state index in [1.54, 1.807) is 0 Å². The standard InChI is InChI=1S/C16H21N5O2/c1-20-6-7-21(11-16(20)4-8-23-9-5-16)15(22)12-2-3-13-14(10-12)18-19-17-13/h2-3,10H,4-9,11H2,1H3,(H,17,18,19). The van der Waals surface area contributed by atoms with Crippen LogP contribution in [0.25, 0.3) is 11.0 Å². The largest absolute Gasteiger partial charge is 0.381 e. The first-order valence-electron chi connectivity index (χ1n) is 8.07. The third kappa shape index (κ3) is 2.49. The van der Waals surface area contributed by atoms with Crippen LogP contribution in [0.15, 0.2) is 18.2 Å². The van der Waals surface area contributed by atoms with Gasteiger partial charge in [0.05, 0.1) is 0 Å². The SMILES string of the molecule is CN1CCN(C(=O)c2ccc3n[nH]nc3c2)CC12CCOCC2. The summed E-state index contributed by atoms with van der Waals surface area (Å²) in [4.78, 5) is 17.3. The Morgan fingerprint density at radius 1 is 1.22 bits per heavy atom. The van der Waals surface area contributed by atoms with E-state index in [-0.39, 0.29) is 11.4 Å². The maximum Gasteiger partial charge on any atom is 0.254 e. The van der Waals surface area contributed by atoms with Crippen LogP contribution in [0.1, 0.15) is 23.2 Å². The minimum absolute atomic E-state index is 0.0597. The number of likely N-dealkylation sites (N-methyl/N-ethyl adjacent to an activating group) is 1. The highest BCUT2D eigenvalue weighted by Crippen LogP contribution is 2.31. The van der Waals surface area contributed by atoms with E-state index in [0.29, 0.717) is 5.56 Å².